The molecule has 1 amide bonds. The molecule has 0 bridgehead atoms. The lowest BCUT2D eigenvalue weighted by Crippen LogP contribution is -2.35. The van der Waals surface area contributed by atoms with Crippen molar-refractivity contribution in [1.82, 2.24) is 9.80 Å². The third-order valence-corrected chi connectivity index (χ3v) is 4.52. The zero-order valence-corrected chi connectivity index (χ0v) is 14.5. The lowest BCUT2D eigenvalue weighted by Gasteiger charge is -2.22. The highest BCUT2D eigenvalue weighted by Gasteiger charge is 2.21. The lowest BCUT2D eigenvalue weighted by atomic mass is 10.1. The van der Waals surface area contributed by atoms with Gasteiger partial charge in [-0.05, 0) is 30.2 Å². The zero-order valence-electron chi connectivity index (χ0n) is 14.5. The van der Waals surface area contributed by atoms with Crippen LogP contribution in [0.3, 0.4) is 0 Å². The molecule has 4 nitrogen and oxygen atoms in total. The van der Waals surface area contributed by atoms with E-state index in [1.165, 1.54) is 24.8 Å². The Morgan fingerprint density at radius 3 is 2.60 bits per heavy atom. The first kappa shape index (κ1) is 17.4. The van der Waals surface area contributed by atoms with Crippen LogP contribution in [-0.2, 0) is 6.54 Å². The molecule has 1 heterocycles. The quantitative estimate of drug-likeness (QED) is 0.855. The van der Waals surface area contributed by atoms with Gasteiger partial charge >= 0.3 is 0 Å². The maximum absolute atomic E-state index is 13.9. The Balaban J connectivity index is 1.62. The molecule has 1 fully saturated rings. The van der Waals surface area contributed by atoms with Gasteiger partial charge in [0.1, 0.15) is 0 Å². The summed E-state index contributed by atoms with van der Waals surface area (Å²) in [5, 5.41) is 0. The second-order valence-corrected chi connectivity index (χ2v) is 6.26. The van der Waals surface area contributed by atoms with Crippen LogP contribution < -0.4 is 4.74 Å². The van der Waals surface area contributed by atoms with Crippen LogP contribution in [0.1, 0.15) is 22.3 Å². The van der Waals surface area contributed by atoms with Crippen LogP contribution in [0.2, 0.25) is 0 Å². The summed E-state index contributed by atoms with van der Waals surface area (Å²) < 4.78 is 18.8. The maximum Gasteiger partial charge on any atom is 0.254 e. The standard InChI is InChI=1S/C20H23FN2O2/c1-25-19-9-8-17(14-18(19)21)20(24)23-11-5-10-22(12-13-23)15-16-6-3-2-4-7-16/h2-4,6-9,14H,5,10-13,15H2,1H3. The molecule has 0 atom stereocenters. The van der Waals surface area contributed by atoms with Gasteiger partial charge in [0.2, 0.25) is 0 Å². The number of methoxy groups -OCH3 is 1. The monoisotopic (exact) mass is 342 g/mol. The largest absolute Gasteiger partial charge is 0.494 e. The van der Waals surface area contributed by atoms with Crippen LogP contribution in [0.15, 0.2) is 48.5 Å². The molecule has 0 spiro atoms. The fourth-order valence-electron chi connectivity index (χ4n) is 3.16. The second-order valence-electron chi connectivity index (χ2n) is 6.26. The molecule has 1 saturated heterocycles. The number of ether oxygens (including phenoxy) is 1. The first-order chi connectivity index (χ1) is 12.2. The van der Waals surface area contributed by atoms with Gasteiger partial charge < -0.3 is 9.64 Å². The molecule has 0 unspecified atom stereocenters. The maximum atomic E-state index is 13.9. The summed E-state index contributed by atoms with van der Waals surface area (Å²) in [5.41, 5.74) is 1.65. The SMILES string of the molecule is COc1ccc(C(=O)N2CCCN(Cc3ccccc3)CC2)cc1F. The smallest absolute Gasteiger partial charge is 0.254 e. The highest BCUT2D eigenvalue weighted by Crippen LogP contribution is 2.19. The molecule has 2 aromatic carbocycles. The fraction of sp³-hybridized carbons (Fsp3) is 0.350. The Kier molecular flexibility index (Phi) is 5.66. The highest BCUT2D eigenvalue weighted by atomic mass is 19.1. The summed E-state index contributed by atoms with van der Waals surface area (Å²) in [6.45, 7) is 4.01. The average molecular weight is 342 g/mol. The minimum Gasteiger partial charge on any atom is -0.494 e. The third kappa shape index (κ3) is 4.37. The first-order valence-corrected chi connectivity index (χ1v) is 8.56. The highest BCUT2D eigenvalue weighted by molar-refractivity contribution is 5.94. The Hall–Kier alpha value is -2.40. The van der Waals surface area contributed by atoms with Gasteiger partial charge in [0, 0.05) is 38.3 Å². The van der Waals surface area contributed by atoms with E-state index < -0.39 is 5.82 Å². The number of hydrogen-bond donors (Lipinski definition) is 0. The van der Waals surface area contributed by atoms with Crippen molar-refractivity contribution in [2.24, 2.45) is 0 Å². The average Bonchev–Trinajstić information content (AvgIpc) is 2.87. The van der Waals surface area contributed by atoms with Gasteiger partial charge in [0.15, 0.2) is 11.6 Å². The van der Waals surface area contributed by atoms with Crippen molar-refractivity contribution in [2.45, 2.75) is 13.0 Å². The fourth-order valence-corrected chi connectivity index (χ4v) is 3.16. The van der Waals surface area contributed by atoms with Crippen molar-refractivity contribution in [1.29, 1.82) is 0 Å². The molecule has 0 N–H and O–H groups in total. The number of carbonyl (C=O) groups excluding carboxylic acids is 1. The summed E-state index contributed by atoms with van der Waals surface area (Å²) in [5.74, 6) is -0.474. The van der Waals surface area contributed by atoms with E-state index in [1.54, 1.807) is 6.07 Å². The van der Waals surface area contributed by atoms with E-state index in [2.05, 4.69) is 17.0 Å². The van der Waals surface area contributed by atoms with E-state index in [1.807, 2.05) is 23.1 Å². The normalized spacial score (nSPS) is 15.7. The molecule has 0 saturated carbocycles. The summed E-state index contributed by atoms with van der Waals surface area (Å²) in [6, 6.07) is 14.7. The van der Waals surface area contributed by atoms with Crippen LogP contribution >= 0.6 is 0 Å². The van der Waals surface area contributed by atoms with Gasteiger partial charge in [-0.3, -0.25) is 9.69 Å². The van der Waals surface area contributed by atoms with Crippen molar-refractivity contribution in [2.75, 3.05) is 33.3 Å². The lowest BCUT2D eigenvalue weighted by molar-refractivity contribution is 0.0760. The number of amides is 1. The topological polar surface area (TPSA) is 32.8 Å². The van der Waals surface area contributed by atoms with E-state index in [4.69, 9.17) is 4.74 Å². The third-order valence-electron chi connectivity index (χ3n) is 4.52. The van der Waals surface area contributed by atoms with Crippen LogP contribution in [0.25, 0.3) is 0 Å². The van der Waals surface area contributed by atoms with Gasteiger partial charge in [-0.25, -0.2) is 4.39 Å². The predicted molar refractivity (Wildman–Crippen MR) is 95.2 cm³/mol. The number of nitrogens with zero attached hydrogens (tertiary/aromatic N) is 2. The van der Waals surface area contributed by atoms with E-state index in [0.29, 0.717) is 18.7 Å². The minimum atomic E-state index is -0.506. The molecule has 132 valence electrons. The molecule has 2 aromatic rings. The molecule has 5 heteroatoms. The van der Waals surface area contributed by atoms with Crippen LogP contribution in [0.4, 0.5) is 4.39 Å². The summed E-state index contributed by atoms with van der Waals surface area (Å²) in [7, 11) is 1.41. The van der Waals surface area contributed by atoms with Crippen LogP contribution in [0, 0.1) is 5.82 Å². The van der Waals surface area contributed by atoms with Crippen molar-refractivity contribution >= 4 is 5.91 Å². The van der Waals surface area contributed by atoms with Gasteiger partial charge in [-0.15, -0.1) is 0 Å². The van der Waals surface area contributed by atoms with Gasteiger partial charge in [0.25, 0.3) is 5.91 Å². The molecule has 1 aliphatic rings. The number of hydrogen-bond acceptors (Lipinski definition) is 3. The van der Waals surface area contributed by atoms with Gasteiger partial charge in [-0.2, -0.15) is 0 Å². The number of halogens is 1. The van der Waals surface area contributed by atoms with E-state index in [-0.39, 0.29) is 11.7 Å². The summed E-state index contributed by atoms with van der Waals surface area (Å²) in [6.07, 6.45) is 0.914. The zero-order chi connectivity index (χ0) is 17.6. The van der Waals surface area contributed by atoms with Crippen LogP contribution in [0.5, 0.6) is 5.75 Å². The van der Waals surface area contributed by atoms with Gasteiger partial charge in [0.05, 0.1) is 7.11 Å². The molecular formula is C20H23FN2O2. The van der Waals surface area contributed by atoms with Crippen molar-refractivity contribution in [3.63, 3.8) is 0 Å². The second kappa shape index (κ2) is 8.12. The Morgan fingerprint density at radius 2 is 1.88 bits per heavy atom. The summed E-state index contributed by atoms with van der Waals surface area (Å²) >= 11 is 0. The molecule has 25 heavy (non-hydrogen) atoms. The first-order valence-electron chi connectivity index (χ1n) is 8.56. The van der Waals surface area contributed by atoms with Crippen molar-refractivity contribution in [3.8, 4) is 5.75 Å². The number of benzene rings is 2. The van der Waals surface area contributed by atoms with Crippen LogP contribution in [-0.4, -0.2) is 49.0 Å². The van der Waals surface area contributed by atoms with E-state index >= 15 is 0 Å². The molecule has 1 aliphatic heterocycles. The molecule has 0 radical (unpaired) electrons. The number of carbonyl (C=O) groups is 1. The molecular weight excluding hydrogens is 319 g/mol. The Labute approximate surface area is 147 Å². The summed E-state index contributed by atoms with van der Waals surface area (Å²) in [4.78, 5) is 16.8. The van der Waals surface area contributed by atoms with Gasteiger partial charge in [-0.1, -0.05) is 30.3 Å². The molecule has 3 rings (SSSR count). The molecule has 0 aliphatic carbocycles. The van der Waals surface area contributed by atoms with Crippen molar-refractivity contribution in [3.05, 3.63) is 65.5 Å². The Bertz CT molecular complexity index is 721. The molecule has 0 aromatic heterocycles. The predicted octanol–water partition coefficient (Wildman–Crippen LogP) is 3.18. The number of rotatable bonds is 4. The van der Waals surface area contributed by atoms with E-state index in [9.17, 15) is 9.18 Å². The van der Waals surface area contributed by atoms with Crippen molar-refractivity contribution < 1.29 is 13.9 Å². The minimum absolute atomic E-state index is 0.122. The van der Waals surface area contributed by atoms with E-state index in [0.717, 1.165) is 26.1 Å². The Morgan fingerprint density at radius 1 is 1.08 bits per heavy atom.